The van der Waals surface area contributed by atoms with E-state index in [-0.39, 0.29) is 0 Å². The van der Waals surface area contributed by atoms with Gasteiger partial charge in [-0.3, -0.25) is 4.98 Å². The third-order valence-electron chi connectivity index (χ3n) is 5.07. The molecule has 3 fully saturated rings. The van der Waals surface area contributed by atoms with Crippen LogP contribution in [0.1, 0.15) is 32.1 Å². The molecule has 3 aliphatic heterocycles. The molecule has 2 N–H and O–H groups in total. The minimum Gasteiger partial charge on any atom is -0.490 e. The second kappa shape index (κ2) is 7.69. The van der Waals surface area contributed by atoms with Gasteiger partial charge in [0.05, 0.1) is 18.1 Å². The van der Waals surface area contributed by atoms with Gasteiger partial charge in [0.25, 0.3) is 0 Å². The lowest BCUT2D eigenvalue weighted by Crippen LogP contribution is -2.46. The lowest BCUT2D eigenvalue weighted by Gasteiger charge is -2.28. The molecule has 1 aromatic rings. The highest BCUT2D eigenvalue weighted by Gasteiger charge is 2.39. The van der Waals surface area contributed by atoms with Crippen LogP contribution >= 0.6 is 0 Å². The normalized spacial score (nSPS) is 26.7. The molecule has 1 aromatic heterocycles. The largest absolute Gasteiger partial charge is 0.490 e. The third kappa shape index (κ3) is 4.38. The summed E-state index contributed by atoms with van der Waals surface area (Å²) < 4.78 is 37.6. The van der Waals surface area contributed by atoms with E-state index in [4.69, 9.17) is 14.6 Å². The van der Waals surface area contributed by atoms with Gasteiger partial charge in [0.1, 0.15) is 12.4 Å². The average Bonchev–Trinajstić information content (AvgIpc) is 3.13. The van der Waals surface area contributed by atoms with Crippen LogP contribution in [0.5, 0.6) is 5.75 Å². The number of aromatic nitrogens is 1. The first kappa shape index (κ1) is 18.8. The zero-order valence-corrected chi connectivity index (χ0v) is 14.2. The number of carboxylic acids is 1. The number of nitrogens with zero attached hydrogens (tertiary/aromatic N) is 2. The van der Waals surface area contributed by atoms with Crippen molar-refractivity contribution >= 4 is 11.7 Å². The number of ether oxygens (including phenoxy) is 1. The Morgan fingerprint density at radius 1 is 1.23 bits per heavy atom. The summed E-state index contributed by atoms with van der Waals surface area (Å²) in [6.07, 6.45) is 5.36. The maximum absolute atomic E-state index is 10.6. The molecule has 0 aromatic carbocycles. The maximum Gasteiger partial charge on any atom is 0.490 e. The minimum atomic E-state index is -5.08. The van der Waals surface area contributed by atoms with Gasteiger partial charge in [-0.1, -0.05) is 0 Å². The van der Waals surface area contributed by atoms with E-state index in [1.165, 1.54) is 37.8 Å². The summed E-state index contributed by atoms with van der Waals surface area (Å²) in [5.41, 5.74) is 1.25. The molecular weight excluding hydrogens is 351 g/mol. The number of pyridine rings is 1. The van der Waals surface area contributed by atoms with E-state index in [2.05, 4.69) is 21.3 Å². The van der Waals surface area contributed by atoms with Gasteiger partial charge in [0, 0.05) is 24.2 Å². The van der Waals surface area contributed by atoms with Crippen LogP contribution in [-0.2, 0) is 4.79 Å². The molecule has 0 radical (unpaired) electrons. The molecular formula is C17H22F3N3O3. The number of hydrogen-bond donors (Lipinski definition) is 2. The fraction of sp³-hybridized carbons (Fsp3) is 0.647. The number of alkyl halides is 3. The molecule has 0 amide bonds. The number of halogens is 3. The molecule has 4 rings (SSSR count). The van der Waals surface area contributed by atoms with Crippen LogP contribution < -0.4 is 15.0 Å². The molecule has 26 heavy (non-hydrogen) atoms. The van der Waals surface area contributed by atoms with Crippen molar-refractivity contribution in [2.45, 2.75) is 56.4 Å². The van der Waals surface area contributed by atoms with Crippen molar-refractivity contribution in [1.82, 2.24) is 10.3 Å². The summed E-state index contributed by atoms with van der Waals surface area (Å²) >= 11 is 0. The monoisotopic (exact) mass is 373 g/mol. The molecule has 144 valence electrons. The molecule has 0 aliphatic carbocycles. The molecule has 2 bridgehead atoms. The second-order valence-corrected chi connectivity index (χ2v) is 6.80. The lowest BCUT2D eigenvalue weighted by molar-refractivity contribution is -0.192. The number of carboxylic acid groups (broad SMARTS) is 1. The lowest BCUT2D eigenvalue weighted by atomic mass is 10.0. The van der Waals surface area contributed by atoms with Gasteiger partial charge in [-0.2, -0.15) is 13.2 Å². The number of aliphatic carboxylic acids is 1. The van der Waals surface area contributed by atoms with Gasteiger partial charge in [0.15, 0.2) is 0 Å². The topological polar surface area (TPSA) is 74.7 Å². The van der Waals surface area contributed by atoms with Gasteiger partial charge in [-0.25, -0.2) is 4.79 Å². The Morgan fingerprint density at radius 3 is 2.27 bits per heavy atom. The van der Waals surface area contributed by atoms with Crippen molar-refractivity contribution < 1.29 is 27.8 Å². The summed E-state index contributed by atoms with van der Waals surface area (Å²) in [5, 5.41) is 10.5. The zero-order valence-electron chi connectivity index (χ0n) is 14.2. The maximum atomic E-state index is 10.6. The first-order valence-electron chi connectivity index (χ1n) is 8.74. The summed E-state index contributed by atoms with van der Waals surface area (Å²) in [4.78, 5) is 15.8. The van der Waals surface area contributed by atoms with Crippen molar-refractivity contribution in [3.63, 3.8) is 0 Å². The highest BCUT2D eigenvalue weighted by molar-refractivity contribution is 5.73. The Hall–Kier alpha value is -2.03. The molecule has 0 saturated carbocycles. The first-order chi connectivity index (χ1) is 12.3. The van der Waals surface area contributed by atoms with E-state index in [9.17, 15) is 13.2 Å². The molecule has 4 heterocycles. The molecule has 3 saturated heterocycles. The number of carbonyl (C=O) groups is 1. The predicted molar refractivity (Wildman–Crippen MR) is 88.4 cm³/mol. The van der Waals surface area contributed by atoms with Gasteiger partial charge in [-0.05, 0) is 38.6 Å². The smallest absolute Gasteiger partial charge is 0.490 e. The fourth-order valence-corrected chi connectivity index (χ4v) is 3.65. The Balaban J connectivity index is 0.000000242. The molecule has 6 nitrogen and oxygen atoms in total. The average molecular weight is 373 g/mol. The van der Waals surface area contributed by atoms with E-state index < -0.39 is 12.1 Å². The zero-order chi connectivity index (χ0) is 18.7. The highest BCUT2D eigenvalue weighted by Crippen LogP contribution is 2.41. The first-order valence-corrected chi connectivity index (χ1v) is 8.74. The SMILES string of the molecule is O=C(O)C(F)(F)F.c1ncc(N2C3CCC2CC3)cc1OC[C@@H]1CCN1. The number of fused-ring (bicyclic) bond motifs is 2. The Labute approximate surface area is 149 Å². The van der Waals surface area contributed by atoms with Crippen molar-refractivity contribution in [2.24, 2.45) is 0 Å². The summed E-state index contributed by atoms with van der Waals surface area (Å²) in [7, 11) is 0. The Kier molecular flexibility index (Phi) is 5.55. The van der Waals surface area contributed by atoms with Gasteiger partial charge in [-0.15, -0.1) is 0 Å². The summed E-state index contributed by atoms with van der Waals surface area (Å²) in [5.74, 6) is -1.84. The molecule has 1 atom stereocenters. The minimum absolute atomic E-state index is 0.534. The molecule has 3 aliphatic rings. The van der Waals surface area contributed by atoms with Crippen molar-refractivity contribution in [3.8, 4) is 5.75 Å². The standard InChI is InChI=1S/C15H21N3O.C2HF3O2/c1-2-13-4-3-12(1)18(13)14-7-15(9-16-8-14)19-10-11-5-6-17-11;3-2(4,5)1(6)7/h7-9,11-13,17H,1-6,10H2;(H,6,7)/t11-,12?,13?;/m0./s1. The van der Waals surface area contributed by atoms with Crippen LogP contribution in [0, 0.1) is 0 Å². The Morgan fingerprint density at radius 2 is 1.81 bits per heavy atom. The van der Waals surface area contributed by atoms with E-state index in [1.54, 1.807) is 0 Å². The van der Waals surface area contributed by atoms with Crippen LogP contribution in [0.3, 0.4) is 0 Å². The quantitative estimate of drug-likeness (QED) is 0.845. The molecule has 0 spiro atoms. The van der Waals surface area contributed by atoms with Gasteiger partial charge >= 0.3 is 12.1 Å². The Bertz CT molecular complexity index is 617. The highest BCUT2D eigenvalue weighted by atomic mass is 19.4. The van der Waals surface area contributed by atoms with Crippen LogP contribution in [0.25, 0.3) is 0 Å². The number of nitrogens with one attached hydrogen (secondary N) is 1. The number of hydrogen-bond acceptors (Lipinski definition) is 5. The number of anilines is 1. The van der Waals surface area contributed by atoms with Gasteiger partial charge in [0.2, 0.25) is 0 Å². The predicted octanol–water partition coefficient (Wildman–Crippen LogP) is 2.59. The fourth-order valence-electron chi connectivity index (χ4n) is 3.65. The second-order valence-electron chi connectivity index (χ2n) is 6.80. The van der Waals surface area contributed by atoms with Crippen LogP contribution in [0.2, 0.25) is 0 Å². The number of rotatable bonds is 4. The van der Waals surface area contributed by atoms with Crippen molar-refractivity contribution in [2.75, 3.05) is 18.1 Å². The van der Waals surface area contributed by atoms with Crippen LogP contribution in [-0.4, -0.2) is 53.5 Å². The molecule has 0 unspecified atom stereocenters. The summed E-state index contributed by atoms with van der Waals surface area (Å²) in [6, 6.07) is 4.19. The summed E-state index contributed by atoms with van der Waals surface area (Å²) in [6.45, 7) is 1.89. The van der Waals surface area contributed by atoms with Crippen LogP contribution in [0.4, 0.5) is 18.9 Å². The van der Waals surface area contributed by atoms with Crippen molar-refractivity contribution in [3.05, 3.63) is 18.5 Å². The van der Waals surface area contributed by atoms with E-state index in [0.717, 1.165) is 31.0 Å². The van der Waals surface area contributed by atoms with Crippen molar-refractivity contribution in [1.29, 1.82) is 0 Å². The third-order valence-corrected chi connectivity index (χ3v) is 5.07. The van der Waals surface area contributed by atoms with Crippen LogP contribution in [0.15, 0.2) is 18.5 Å². The van der Waals surface area contributed by atoms with E-state index in [1.807, 2.05) is 12.4 Å². The van der Waals surface area contributed by atoms with E-state index >= 15 is 0 Å². The van der Waals surface area contributed by atoms with E-state index in [0.29, 0.717) is 6.04 Å². The van der Waals surface area contributed by atoms with Gasteiger partial charge < -0.3 is 20.1 Å². The molecule has 9 heteroatoms.